The zero-order valence-electron chi connectivity index (χ0n) is 10.5. The van der Waals surface area contributed by atoms with E-state index in [4.69, 9.17) is 17.3 Å². The first-order valence-corrected chi connectivity index (χ1v) is 7.89. The molecule has 0 aliphatic carbocycles. The molecule has 1 nitrogen and oxygen atoms in total. The minimum absolute atomic E-state index is 0.0907. The lowest BCUT2D eigenvalue weighted by Gasteiger charge is -2.15. The van der Waals surface area contributed by atoms with E-state index in [1.165, 1.54) is 0 Å². The second-order valence-electron chi connectivity index (χ2n) is 4.57. The van der Waals surface area contributed by atoms with Gasteiger partial charge in [-0.3, -0.25) is 0 Å². The van der Waals surface area contributed by atoms with E-state index in [2.05, 4.69) is 37.9 Å². The molecule has 2 N–H and O–H groups in total. The molecule has 0 heterocycles. The minimum atomic E-state index is -0.0907. The summed E-state index contributed by atoms with van der Waals surface area (Å²) >= 11 is 13.3. The van der Waals surface area contributed by atoms with Crippen LogP contribution in [0.3, 0.4) is 0 Å². The van der Waals surface area contributed by atoms with Gasteiger partial charge in [0.2, 0.25) is 0 Å². The molecule has 0 aliphatic heterocycles. The largest absolute Gasteiger partial charge is 0.324 e. The molecule has 0 fully saturated rings. The predicted molar refractivity (Wildman–Crippen MR) is 88.7 cm³/mol. The van der Waals surface area contributed by atoms with E-state index in [0.717, 1.165) is 30.7 Å². The summed E-state index contributed by atoms with van der Waals surface area (Å²) in [5.41, 5.74) is 9.60. The Morgan fingerprint density at radius 1 is 1.16 bits per heavy atom. The van der Waals surface area contributed by atoms with Gasteiger partial charge in [-0.15, -0.1) is 0 Å². The lowest BCUT2D eigenvalue weighted by atomic mass is 9.99. The third kappa shape index (κ3) is 3.82. The number of benzene rings is 2. The number of nitrogens with two attached hydrogens (primary N) is 1. The van der Waals surface area contributed by atoms with Crippen molar-refractivity contribution in [1.82, 2.24) is 0 Å². The Morgan fingerprint density at radius 3 is 2.58 bits per heavy atom. The smallest absolute Gasteiger partial charge is 0.0441 e. The van der Waals surface area contributed by atoms with Gasteiger partial charge in [-0.2, -0.15) is 0 Å². The summed E-state index contributed by atoms with van der Waals surface area (Å²) in [6.07, 6.45) is 0.716. The highest BCUT2D eigenvalue weighted by Crippen LogP contribution is 2.29. The lowest BCUT2D eigenvalue weighted by Crippen LogP contribution is -2.14. The van der Waals surface area contributed by atoms with Crippen LogP contribution < -0.4 is 5.73 Å². The Kier molecular flexibility index (Phi) is 5.07. The molecule has 2 rings (SSSR count). The molecule has 2 aromatic rings. The third-order valence-corrected chi connectivity index (χ3v) is 4.57. The number of hydrogen-bond donors (Lipinski definition) is 1. The summed E-state index contributed by atoms with van der Waals surface area (Å²) in [5.74, 6) is 0. The highest BCUT2D eigenvalue weighted by Gasteiger charge is 2.13. The molecule has 2 aromatic carbocycles. The first-order valence-electron chi connectivity index (χ1n) is 5.93. The summed E-state index contributed by atoms with van der Waals surface area (Å²) in [4.78, 5) is 0. The summed E-state index contributed by atoms with van der Waals surface area (Å²) in [6, 6.07) is 12.0. The molecular weight excluding hydrogens is 389 g/mol. The normalized spacial score (nSPS) is 12.5. The Labute approximate surface area is 135 Å². The maximum atomic E-state index is 6.29. The van der Waals surface area contributed by atoms with Crippen molar-refractivity contribution in [1.29, 1.82) is 0 Å². The predicted octanol–water partition coefficient (Wildman–Crippen LogP) is 5.42. The van der Waals surface area contributed by atoms with E-state index >= 15 is 0 Å². The first kappa shape index (κ1) is 15.0. The van der Waals surface area contributed by atoms with E-state index in [0.29, 0.717) is 6.42 Å². The van der Waals surface area contributed by atoms with Gasteiger partial charge < -0.3 is 5.73 Å². The molecule has 0 aromatic heterocycles. The average molecular weight is 404 g/mol. The van der Waals surface area contributed by atoms with Gasteiger partial charge in [-0.05, 0) is 54.3 Å². The fourth-order valence-electron chi connectivity index (χ4n) is 1.96. The maximum Gasteiger partial charge on any atom is 0.0441 e. The second-order valence-corrected chi connectivity index (χ2v) is 6.75. The summed E-state index contributed by atoms with van der Waals surface area (Å²) in [6.45, 7) is 2.03. The zero-order chi connectivity index (χ0) is 14.0. The number of halogens is 3. The molecule has 1 atom stereocenters. The van der Waals surface area contributed by atoms with Gasteiger partial charge in [-0.1, -0.05) is 55.6 Å². The van der Waals surface area contributed by atoms with Crippen molar-refractivity contribution in [3.63, 3.8) is 0 Å². The Morgan fingerprint density at radius 2 is 1.89 bits per heavy atom. The zero-order valence-corrected chi connectivity index (χ0v) is 14.4. The van der Waals surface area contributed by atoms with Crippen LogP contribution in [0.5, 0.6) is 0 Å². The van der Waals surface area contributed by atoms with Gasteiger partial charge in [0.05, 0.1) is 0 Å². The van der Waals surface area contributed by atoms with Crippen LogP contribution in [-0.2, 0) is 6.42 Å². The maximum absolute atomic E-state index is 6.29. The van der Waals surface area contributed by atoms with E-state index in [1.807, 2.05) is 37.3 Å². The highest BCUT2D eigenvalue weighted by molar-refractivity contribution is 9.11. The van der Waals surface area contributed by atoms with Crippen LogP contribution in [0, 0.1) is 6.92 Å². The molecular formula is C15H14Br2ClN. The Balaban J connectivity index is 2.25. The van der Waals surface area contributed by atoms with Crippen molar-refractivity contribution in [2.24, 2.45) is 5.73 Å². The molecule has 0 bridgehead atoms. The van der Waals surface area contributed by atoms with Gasteiger partial charge in [0.25, 0.3) is 0 Å². The summed E-state index contributed by atoms with van der Waals surface area (Å²) in [7, 11) is 0. The Hall–Kier alpha value is -0.350. The first-order chi connectivity index (χ1) is 8.97. The van der Waals surface area contributed by atoms with Gasteiger partial charge >= 0.3 is 0 Å². The van der Waals surface area contributed by atoms with Crippen LogP contribution in [0.2, 0.25) is 5.02 Å². The molecule has 0 saturated heterocycles. The fourth-order valence-corrected chi connectivity index (χ4v) is 3.20. The number of aryl methyl sites for hydroxylation is 1. The lowest BCUT2D eigenvalue weighted by molar-refractivity contribution is 0.718. The van der Waals surface area contributed by atoms with Crippen LogP contribution in [0.1, 0.15) is 22.7 Å². The van der Waals surface area contributed by atoms with E-state index in [1.54, 1.807) is 0 Å². The monoisotopic (exact) mass is 401 g/mol. The molecule has 100 valence electrons. The van der Waals surface area contributed by atoms with Gasteiger partial charge in [0, 0.05) is 20.0 Å². The van der Waals surface area contributed by atoms with Crippen LogP contribution in [-0.4, -0.2) is 0 Å². The standard InChI is InChI=1S/C15H14Br2ClN/c1-9-2-3-10(14(18)6-9)7-15(19)12-8-11(16)4-5-13(12)17/h2-6,8,15H,7,19H2,1H3. The Bertz CT molecular complexity index is 599. The quantitative estimate of drug-likeness (QED) is 0.728. The average Bonchev–Trinajstić information content (AvgIpc) is 2.35. The van der Waals surface area contributed by atoms with Crippen molar-refractivity contribution < 1.29 is 0 Å². The van der Waals surface area contributed by atoms with Crippen LogP contribution >= 0.6 is 43.5 Å². The van der Waals surface area contributed by atoms with E-state index < -0.39 is 0 Å². The molecule has 0 radical (unpaired) electrons. The molecule has 4 heteroatoms. The van der Waals surface area contributed by atoms with Crippen molar-refractivity contribution in [2.45, 2.75) is 19.4 Å². The summed E-state index contributed by atoms with van der Waals surface area (Å²) < 4.78 is 2.04. The molecule has 0 saturated carbocycles. The highest BCUT2D eigenvalue weighted by atomic mass is 79.9. The molecule has 0 amide bonds. The van der Waals surface area contributed by atoms with Crippen molar-refractivity contribution in [3.8, 4) is 0 Å². The molecule has 0 aliphatic rings. The van der Waals surface area contributed by atoms with Crippen LogP contribution in [0.4, 0.5) is 0 Å². The van der Waals surface area contributed by atoms with Crippen molar-refractivity contribution in [3.05, 3.63) is 67.1 Å². The summed E-state index contributed by atoms with van der Waals surface area (Å²) in [5, 5.41) is 0.779. The van der Waals surface area contributed by atoms with E-state index in [9.17, 15) is 0 Å². The van der Waals surface area contributed by atoms with Gasteiger partial charge in [0.1, 0.15) is 0 Å². The molecule has 1 unspecified atom stereocenters. The number of hydrogen-bond acceptors (Lipinski definition) is 1. The molecule has 19 heavy (non-hydrogen) atoms. The fraction of sp³-hybridized carbons (Fsp3) is 0.200. The van der Waals surface area contributed by atoms with E-state index in [-0.39, 0.29) is 6.04 Å². The SMILES string of the molecule is Cc1ccc(CC(N)c2cc(Br)ccc2Br)c(Cl)c1. The van der Waals surface area contributed by atoms with Crippen LogP contribution in [0.15, 0.2) is 45.3 Å². The van der Waals surface area contributed by atoms with Crippen LogP contribution in [0.25, 0.3) is 0 Å². The van der Waals surface area contributed by atoms with Gasteiger partial charge in [0.15, 0.2) is 0 Å². The minimum Gasteiger partial charge on any atom is -0.324 e. The topological polar surface area (TPSA) is 26.0 Å². The van der Waals surface area contributed by atoms with Crippen molar-refractivity contribution in [2.75, 3.05) is 0 Å². The molecule has 0 spiro atoms. The second kappa shape index (κ2) is 6.40. The van der Waals surface area contributed by atoms with Gasteiger partial charge in [-0.25, -0.2) is 0 Å². The van der Waals surface area contributed by atoms with Crippen molar-refractivity contribution >= 4 is 43.5 Å². The third-order valence-electron chi connectivity index (χ3n) is 3.01. The number of rotatable bonds is 3.